The van der Waals surface area contributed by atoms with Gasteiger partial charge in [-0.3, -0.25) is 9.59 Å². The lowest BCUT2D eigenvalue weighted by molar-refractivity contribution is -0.139. The van der Waals surface area contributed by atoms with Gasteiger partial charge in [-0.2, -0.15) is 0 Å². The first-order valence-corrected chi connectivity index (χ1v) is 12.9. The second kappa shape index (κ2) is 15.9. The van der Waals surface area contributed by atoms with Gasteiger partial charge >= 0.3 is 0 Å². The van der Waals surface area contributed by atoms with E-state index in [1.54, 1.807) is 18.0 Å². The fourth-order valence-electron chi connectivity index (χ4n) is 4.33. The maximum absolute atomic E-state index is 12.5. The van der Waals surface area contributed by atoms with Gasteiger partial charge in [0.1, 0.15) is 18.8 Å². The van der Waals surface area contributed by atoms with Crippen LogP contribution in [0.15, 0.2) is 6.20 Å². The van der Waals surface area contributed by atoms with Gasteiger partial charge in [0, 0.05) is 39.9 Å². The summed E-state index contributed by atoms with van der Waals surface area (Å²) in [5.41, 5.74) is 0.661. The number of ether oxygens (including phenoxy) is 5. The number of piperidine rings is 2. The van der Waals surface area contributed by atoms with Crippen molar-refractivity contribution >= 4 is 11.8 Å². The highest BCUT2D eigenvalue weighted by molar-refractivity contribution is 5.77. The largest absolute Gasteiger partial charge is 0.381 e. The summed E-state index contributed by atoms with van der Waals surface area (Å²) in [6.07, 6.45) is 5.72. The van der Waals surface area contributed by atoms with Crippen LogP contribution in [0.2, 0.25) is 0 Å². The molecule has 204 valence electrons. The number of methoxy groups -OCH3 is 1. The third-order valence-electron chi connectivity index (χ3n) is 6.43. The standard InChI is InChI=1S/C24H41N5O7/c1-3-36-22-6-10-27(11-7-22)23(30)17-29-16-20(25-26-29)18-34-14-12-33-13-15-35-19-24(31)28-8-4-21(32-2)5-9-28/h16,21-22H,3-15,17-19H2,1-2H3. The minimum Gasteiger partial charge on any atom is -0.381 e. The molecule has 0 aliphatic carbocycles. The molecule has 3 heterocycles. The molecule has 2 fully saturated rings. The molecule has 36 heavy (non-hydrogen) atoms. The fourth-order valence-corrected chi connectivity index (χ4v) is 4.33. The van der Waals surface area contributed by atoms with Gasteiger partial charge in [0.25, 0.3) is 0 Å². The molecule has 12 nitrogen and oxygen atoms in total. The van der Waals surface area contributed by atoms with Crippen molar-refractivity contribution in [2.75, 3.05) is 72.9 Å². The Morgan fingerprint density at radius 3 is 2.17 bits per heavy atom. The number of amides is 2. The van der Waals surface area contributed by atoms with Crippen LogP contribution < -0.4 is 0 Å². The van der Waals surface area contributed by atoms with Crippen molar-refractivity contribution in [1.82, 2.24) is 24.8 Å². The van der Waals surface area contributed by atoms with Gasteiger partial charge in [-0.25, -0.2) is 4.68 Å². The predicted octanol–water partition coefficient (Wildman–Crippen LogP) is 0.493. The Bertz CT molecular complexity index is 777. The number of hydrogen-bond donors (Lipinski definition) is 0. The Hall–Kier alpha value is -2.12. The molecule has 12 heteroatoms. The fraction of sp³-hybridized carbons (Fsp3) is 0.833. The number of hydrogen-bond acceptors (Lipinski definition) is 9. The smallest absolute Gasteiger partial charge is 0.248 e. The third kappa shape index (κ3) is 9.74. The molecule has 0 aromatic carbocycles. The normalized spacial score (nSPS) is 17.6. The molecule has 0 radical (unpaired) electrons. The van der Waals surface area contributed by atoms with E-state index in [9.17, 15) is 9.59 Å². The van der Waals surface area contributed by atoms with Crippen LogP contribution in [-0.4, -0.2) is 122 Å². The summed E-state index contributed by atoms with van der Waals surface area (Å²) in [6, 6.07) is 0. The molecule has 2 aliphatic rings. The summed E-state index contributed by atoms with van der Waals surface area (Å²) in [4.78, 5) is 28.3. The van der Waals surface area contributed by atoms with Gasteiger partial charge in [0.05, 0.1) is 51.4 Å². The molecule has 0 spiro atoms. The van der Waals surface area contributed by atoms with Crippen LogP contribution in [0.5, 0.6) is 0 Å². The summed E-state index contributed by atoms with van der Waals surface area (Å²) >= 11 is 0. The van der Waals surface area contributed by atoms with E-state index in [-0.39, 0.29) is 37.2 Å². The lowest BCUT2D eigenvalue weighted by Crippen LogP contribution is -2.42. The average molecular weight is 512 g/mol. The molecule has 0 atom stereocenters. The summed E-state index contributed by atoms with van der Waals surface area (Å²) in [7, 11) is 1.71. The van der Waals surface area contributed by atoms with Crippen LogP contribution >= 0.6 is 0 Å². The second-order valence-electron chi connectivity index (χ2n) is 8.98. The van der Waals surface area contributed by atoms with Crippen LogP contribution in [0.3, 0.4) is 0 Å². The van der Waals surface area contributed by atoms with Crippen LogP contribution in [0.1, 0.15) is 38.3 Å². The number of nitrogens with zero attached hydrogens (tertiary/aromatic N) is 5. The van der Waals surface area contributed by atoms with Gasteiger partial charge in [-0.1, -0.05) is 5.21 Å². The van der Waals surface area contributed by atoms with Crippen molar-refractivity contribution < 1.29 is 33.3 Å². The van der Waals surface area contributed by atoms with Gasteiger partial charge in [0.2, 0.25) is 11.8 Å². The molecule has 0 saturated carbocycles. The highest BCUT2D eigenvalue weighted by Crippen LogP contribution is 2.14. The topological polar surface area (TPSA) is 117 Å². The van der Waals surface area contributed by atoms with Crippen LogP contribution in [0.25, 0.3) is 0 Å². The minimum atomic E-state index is 0.00812. The van der Waals surface area contributed by atoms with Crippen LogP contribution in [0.4, 0.5) is 0 Å². The predicted molar refractivity (Wildman–Crippen MR) is 129 cm³/mol. The zero-order chi connectivity index (χ0) is 25.6. The minimum absolute atomic E-state index is 0.00812. The van der Waals surface area contributed by atoms with Gasteiger partial charge in [-0.05, 0) is 32.6 Å². The summed E-state index contributed by atoms with van der Waals surface area (Å²) in [6.45, 7) is 7.64. The molecule has 0 N–H and O–H groups in total. The molecule has 0 bridgehead atoms. The van der Waals surface area contributed by atoms with Crippen molar-refractivity contribution in [2.45, 2.75) is 58.0 Å². The van der Waals surface area contributed by atoms with Crippen LogP contribution in [0, 0.1) is 0 Å². The van der Waals surface area contributed by atoms with Gasteiger partial charge < -0.3 is 33.5 Å². The van der Waals surface area contributed by atoms with Crippen molar-refractivity contribution in [2.24, 2.45) is 0 Å². The molecular weight excluding hydrogens is 470 g/mol. The van der Waals surface area contributed by atoms with E-state index in [4.69, 9.17) is 23.7 Å². The van der Waals surface area contributed by atoms with Crippen LogP contribution in [-0.2, 0) is 46.4 Å². The number of likely N-dealkylation sites (tertiary alicyclic amines) is 2. The first kappa shape index (κ1) is 28.5. The highest BCUT2D eigenvalue weighted by Gasteiger charge is 2.24. The lowest BCUT2D eigenvalue weighted by Gasteiger charge is -2.31. The van der Waals surface area contributed by atoms with Crippen molar-refractivity contribution in [3.8, 4) is 0 Å². The maximum Gasteiger partial charge on any atom is 0.248 e. The third-order valence-corrected chi connectivity index (χ3v) is 6.43. The quantitative estimate of drug-likeness (QED) is 0.310. The molecule has 1 aromatic rings. The average Bonchev–Trinajstić information content (AvgIpc) is 3.35. The Morgan fingerprint density at radius 1 is 0.889 bits per heavy atom. The summed E-state index contributed by atoms with van der Waals surface area (Å²) < 4.78 is 29.0. The van der Waals surface area contributed by atoms with Gasteiger partial charge in [-0.15, -0.1) is 5.10 Å². The molecule has 2 amide bonds. The Balaban J connectivity index is 1.17. The summed E-state index contributed by atoms with van der Waals surface area (Å²) in [5, 5.41) is 8.10. The lowest BCUT2D eigenvalue weighted by atomic mass is 10.1. The van der Waals surface area contributed by atoms with Crippen molar-refractivity contribution in [3.05, 3.63) is 11.9 Å². The molecule has 2 saturated heterocycles. The molecule has 2 aliphatic heterocycles. The highest BCUT2D eigenvalue weighted by atomic mass is 16.5. The van der Waals surface area contributed by atoms with E-state index >= 15 is 0 Å². The zero-order valence-electron chi connectivity index (χ0n) is 21.6. The first-order valence-electron chi connectivity index (χ1n) is 12.9. The number of carbonyl (C=O) groups is 2. The Kier molecular flexibility index (Phi) is 12.5. The van der Waals surface area contributed by atoms with E-state index in [1.807, 2.05) is 16.7 Å². The number of rotatable bonds is 15. The maximum atomic E-state index is 12.5. The molecule has 1 aromatic heterocycles. The van der Waals surface area contributed by atoms with Crippen molar-refractivity contribution in [3.63, 3.8) is 0 Å². The number of carbonyl (C=O) groups excluding carboxylic acids is 2. The second-order valence-corrected chi connectivity index (χ2v) is 8.98. The zero-order valence-corrected chi connectivity index (χ0v) is 21.6. The Morgan fingerprint density at radius 2 is 1.50 bits per heavy atom. The first-order chi connectivity index (χ1) is 17.6. The van der Waals surface area contributed by atoms with Gasteiger partial charge in [0.15, 0.2) is 0 Å². The van der Waals surface area contributed by atoms with E-state index in [0.717, 1.165) is 25.7 Å². The molecule has 0 unspecified atom stereocenters. The monoisotopic (exact) mass is 511 g/mol. The Labute approximate surface area is 213 Å². The van der Waals surface area contributed by atoms with Crippen molar-refractivity contribution in [1.29, 1.82) is 0 Å². The van der Waals surface area contributed by atoms with E-state index in [0.29, 0.717) is 71.5 Å². The number of aromatic nitrogens is 3. The molecule has 3 rings (SSSR count). The van der Waals surface area contributed by atoms with E-state index in [2.05, 4.69) is 10.3 Å². The summed E-state index contributed by atoms with van der Waals surface area (Å²) in [5.74, 6) is 0.0454. The van der Waals surface area contributed by atoms with E-state index < -0.39 is 0 Å². The van der Waals surface area contributed by atoms with E-state index in [1.165, 1.54) is 0 Å². The SMILES string of the molecule is CCOC1CCN(C(=O)Cn2cc(COCCOCCOCC(=O)N3CCC(OC)CC3)nn2)CC1. The molecular formula is C24H41N5O7.